The lowest BCUT2D eigenvalue weighted by Crippen LogP contribution is -2.15. The van der Waals surface area contributed by atoms with Gasteiger partial charge in [-0.2, -0.15) is 0 Å². The Bertz CT molecular complexity index is 631. The average molecular weight is 287 g/mol. The fraction of sp³-hybridized carbons (Fsp3) is 0.143. The van der Waals surface area contributed by atoms with E-state index in [0.29, 0.717) is 5.56 Å². The molecule has 0 unspecified atom stereocenters. The Morgan fingerprint density at radius 1 is 1.24 bits per heavy atom. The minimum Gasteiger partial charge on any atom is -0.460 e. The fourth-order valence-corrected chi connectivity index (χ4v) is 1.65. The maximum atomic E-state index is 11.7. The highest BCUT2D eigenvalue weighted by atomic mass is 16.6. The molecule has 7 nitrogen and oxygen atoms in total. The van der Waals surface area contributed by atoms with E-state index in [0.717, 1.165) is 0 Å². The van der Waals surface area contributed by atoms with Crippen LogP contribution in [0.1, 0.15) is 10.4 Å². The van der Waals surface area contributed by atoms with Gasteiger partial charge in [0.2, 0.25) is 5.82 Å². The molecule has 1 aromatic carbocycles. The van der Waals surface area contributed by atoms with Crippen molar-refractivity contribution >= 4 is 17.5 Å². The number of benzene rings is 1. The minimum absolute atomic E-state index is 0.0848. The number of pyridine rings is 1. The highest BCUT2D eigenvalue weighted by molar-refractivity contribution is 5.89. The second kappa shape index (κ2) is 6.99. The molecule has 0 atom stereocenters. The fourth-order valence-electron chi connectivity index (χ4n) is 1.65. The van der Waals surface area contributed by atoms with Gasteiger partial charge in [-0.05, 0) is 18.2 Å². The molecule has 0 amide bonds. The number of nitrogens with one attached hydrogen (secondary N) is 1. The van der Waals surface area contributed by atoms with Crippen molar-refractivity contribution in [3.8, 4) is 0 Å². The molecular weight excluding hydrogens is 274 g/mol. The monoisotopic (exact) mass is 287 g/mol. The summed E-state index contributed by atoms with van der Waals surface area (Å²) in [7, 11) is 0. The molecule has 0 radical (unpaired) electrons. The van der Waals surface area contributed by atoms with Crippen LogP contribution in [0.15, 0.2) is 48.7 Å². The average Bonchev–Trinajstić information content (AvgIpc) is 2.52. The van der Waals surface area contributed by atoms with Gasteiger partial charge in [0, 0.05) is 12.3 Å². The van der Waals surface area contributed by atoms with Crippen LogP contribution < -0.4 is 5.32 Å². The van der Waals surface area contributed by atoms with E-state index in [1.54, 1.807) is 30.3 Å². The van der Waals surface area contributed by atoms with Gasteiger partial charge in [0.15, 0.2) is 0 Å². The molecule has 0 spiro atoms. The van der Waals surface area contributed by atoms with Crippen molar-refractivity contribution in [2.45, 2.75) is 0 Å². The summed E-state index contributed by atoms with van der Waals surface area (Å²) >= 11 is 0. The lowest BCUT2D eigenvalue weighted by molar-refractivity contribution is -0.384. The summed E-state index contributed by atoms with van der Waals surface area (Å²) in [5.41, 5.74) is 0.341. The van der Waals surface area contributed by atoms with Crippen LogP contribution in [0, 0.1) is 10.1 Å². The molecule has 1 heterocycles. The number of esters is 1. The van der Waals surface area contributed by atoms with Crippen LogP contribution in [-0.4, -0.2) is 29.0 Å². The number of ether oxygens (including phenoxy) is 1. The Hall–Kier alpha value is -2.96. The molecule has 0 aliphatic rings. The smallest absolute Gasteiger partial charge is 0.338 e. The molecule has 108 valence electrons. The Kier molecular flexibility index (Phi) is 4.81. The minimum atomic E-state index is -0.523. The number of nitrogens with zero attached hydrogens (tertiary/aromatic N) is 2. The van der Waals surface area contributed by atoms with Crippen LogP contribution in [0.5, 0.6) is 0 Å². The maximum absolute atomic E-state index is 11.7. The summed E-state index contributed by atoms with van der Waals surface area (Å²) < 4.78 is 5.05. The summed E-state index contributed by atoms with van der Waals surface area (Å²) in [6.07, 6.45) is 1.45. The first-order valence-electron chi connectivity index (χ1n) is 6.24. The number of hydrogen-bond donors (Lipinski definition) is 1. The molecule has 2 aromatic rings. The Morgan fingerprint density at radius 2 is 2.00 bits per heavy atom. The van der Waals surface area contributed by atoms with Crippen molar-refractivity contribution in [3.63, 3.8) is 0 Å². The molecule has 21 heavy (non-hydrogen) atoms. The molecule has 1 N–H and O–H groups in total. The summed E-state index contributed by atoms with van der Waals surface area (Å²) in [5, 5.41) is 13.6. The van der Waals surface area contributed by atoms with Crippen molar-refractivity contribution in [1.82, 2.24) is 4.98 Å². The summed E-state index contributed by atoms with van der Waals surface area (Å²) in [5.74, 6) is -0.286. The van der Waals surface area contributed by atoms with Gasteiger partial charge < -0.3 is 10.1 Å². The summed E-state index contributed by atoms with van der Waals surface area (Å²) in [6.45, 7) is 0.317. The van der Waals surface area contributed by atoms with Crippen molar-refractivity contribution in [1.29, 1.82) is 0 Å². The van der Waals surface area contributed by atoms with Crippen LogP contribution in [0.2, 0.25) is 0 Å². The first-order chi connectivity index (χ1) is 10.2. The largest absolute Gasteiger partial charge is 0.460 e. The zero-order chi connectivity index (χ0) is 15.1. The van der Waals surface area contributed by atoms with Gasteiger partial charge in [0.1, 0.15) is 6.61 Å². The van der Waals surface area contributed by atoms with Crippen molar-refractivity contribution in [2.75, 3.05) is 18.5 Å². The summed E-state index contributed by atoms with van der Waals surface area (Å²) in [4.78, 5) is 25.8. The summed E-state index contributed by atoms with van der Waals surface area (Å²) in [6, 6.07) is 11.4. The standard InChI is InChI=1S/C14H13N3O4/c18-14(11-5-2-1-3-6-11)21-10-9-16-13-12(17(19)20)7-4-8-15-13/h1-8H,9-10H2,(H,15,16). The Balaban J connectivity index is 1.83. The quantitative estimate of drug-likeness (QED) is 0.379. The van der Waals surface area contributed by atoms with Crippen LogP contribution in [-0.2, 0) is 4.74 Å². The third-order valence-electron chi connectivity index (χ3n) is 2.62. The SMILES string of the molecule is O=C(OCCNc1ncccc1[N+](=O)[O-])c1ccccc1. The highest BCUT2D eigenvalue weighted by Crippen LogP contribution is 2.19. The third kappa shape index (κ3) is 4.00. The third-order valence-corrected chi connectivity index (χ3v) is 2.62. The van der Waals surface area contributed by atoms with E-state index < -0.39 is 10.9 Å². The zero-order valence-electron chi connectivity index (χ0n) is 11.1. The van der Waals surface area contributed by atoms with Crippen LogP contribution in [0.3, 0.4) is 0 Å². The van der Waals surface area contributed by atoms with Gasteiger partial charge in [-0.1, -0.05) is 18.2 Å². The molecule has 7 heteroatoms. The zero-order valence-corrected chi connectivity index (χ0v) is 11.1. The Labute approximate surface area is 120 Å². The van der Waals surface area contributed by atoms with E-state index in [-0.39, 0.29) is 24.7 Å². The van der Waals surface area contributed by atoms with E-state index >= 15 is 0 Å². The molecule has 0 aliphatic heterocycles. The lowest BCUT2D eigenvalue weighted by atomic mass is 10.2. The molecule has 0 aliphatic carbocycles. The lowest BCUT2D eigenvalue weighted by Gasteiger charge is -2.07. The topological polar surface area (TPSA) is 94.4 Å². The van der Waals surface area contributed by atoms with Crippen molar-refractivity contribution in [3.05, 3.63) is 64.3 Å². The number of carbonyl (C=O) groups is 1. The first-order valence-corrected chi connectivity index (χ1v) is 6.24. The molecule has 1 aromatic heterocycles. The molecule has 0 fully saturated rings. The van der Waals surface area contributed by atoms with Gasteiger partial charge in [0.05, 0.1) is 17.0 Å². The second-order valence-electron chi connectivity index (χ2n) is 4.06. The number of hydrogen-bond acceptors (Lipinski definition) is 6. The van der Waals surface area contributed by atoms with Gasteiger partial charge in [-0.15, -0.1) is 0 Å². The Morgan fingerprint density at radius 3 is 2.71 bits per heavy atom. The van der Waals surface area contributed by atoms with E-state index in [2.05, 4.69) is 10.3 Å². The van der Waals surface area contributed by atoms with Crippen molar-refractivity contribution < 1.29 is 14.5 Å². The van der Waals surface area contributed by atoms with E-state index in [4.69, 9.17) is 4.74 Å². The predicted molar refractivity (Wildman–Crippen MR) is 76.1 cm³/mol. The van der Waals surface area contributed by atoms with E-state index in [1.807, 2.05) is 0 Å². The van der Waals surface area contributed by atoms with E-state index in [9.17, 15) is 14.9 Å². The van der Waals surface area contributed by atoms with Gasteiger partial charge >= 0.3 is 11.7 Å². The predicted octanol–water partition coefficient (Wildman–Crippen LogP) is 2.26. The van der Waals surface area contributed by atoms with Gasteiger partial charge in [0.25, 0.3) is 0 Å². The number of carbonyl (C=O) groups excluding carboxylic acids is 1. The molecule has 0 saturated carbocycles. The van der Waals surface area contributed by atoms with E-state index in [1.165, 1.54) is 18.3 Å². The molecular formula is C14H13N3O4. The number of nitro groups is 1. The number of anilines is 1. The maximum Gasteiger partial charge on any atom is 0.338 e. The van der Waals surface area contributed by atoms with Crippen LogP contribution in [0.4, 0.5) is 11.5 Å². The molecule has 0 bridgehead atoms. The second-order valence-corrected chi connectivity index (χ2v) is 4.06. The normalized spacial score (nSPS) is 9.90. The highest BCUT2D eigenvalue weighted by Gasteiger charge is 2.13. The number of aromatic nitrogens is 1. The molecule has 2 rings (SSSR count). The first kappa shape index (κ1) is 14.4. The van der Waals surface area contributed by atoms with Crippen LogP contribution in [0.25, 0.3) is 0 Å². The molecule has 0 saturated heterocycles. The van der Waals surface area contributed by atoms with Gasteiger partial charge in [-0.3, -0.25) is 10.1 Å². The van der Waals surface area contributed by atoms with Crippen LogP contribution >= 0.6 is 0 Å². The van der Waals surface area contributed by atoms with Crippen molar-refractivity contribution in [2.24, 2.45) is 0 Å². The number of rotatable bonds is 6. The van der Waals surface area contributed by atoms with Gasteiger partial charge in [-0.25, -0.2) is 9.78 Å².